The van der Waals surface area contributed by atoms with Crippen molar-refractivity contribution in [2.45, 2.75) is 18.7 Å². The molecule has 0 bridgehead atoms. The monoisotopic (exact) mass is 498 g/mol. The quantitative estimate of drug-likeness (QED) is 0.490. The van der Waals surface area contributed by atoms with Gasteiger partial charge in [-0.15, -0.1) is 10.2 Å². The molecule has 0 saturated carbocycles. The Balaban J connectivity index is 1.49. The van der Waals surface area contributed by atoms with Gasteiger partial charge in [-0.2, -0.15) is 4.31 Å². The number of benzene rings is 2. The lowest BCUT2D eigenvalue weighted by molar-refractivity contribution is 0.324. The maximum Gasteiger partial charge on any atom is 0.243 e. The third kappa shape index (κ3) is 4.89. The summed E-state index contributed by atoms with van der Waals surface area (Å²) >= 11 is 0. The third-order valence-electron chi connectivity index (χ3n) is 6.14. The molecule has 1 aromatic heterocycles. The summed E-state index contributed by atoms with van der Waals surface area (Å²) in [5, 5.41) is 8.79. The highest BCUT2D eigenvalue weighted by Gasteiger charge is 2.30. The Bertz CT molecular complexity index is 1280. The molecule has 1 aliphatic rings. The molecule has 1 aliphatic heterocycles. The van der Waals surface area contributed by atoms with E-state index < -0.39 is 10.0 Å². The molecule has 0 unspecified atom stereocenters. The summed E-state index contributed by atoms with van der Waals surface area (Å²) < 4.78 is 44.2. The Kier molecular flexibility index (Phi) is 7.13. The van der Waals surface area contributed by atoms with Crippen LogP contribution in [0.25, 0.3) is 11.3 Å². The van der Waals surface area contributed by atoms with Crippen LogP contribution in [-0.4, -0.2) is 70.4 Å². The van der Waals surface area contributed by atoms with Gasteiger partial charge in [-0.05, 0) is 55.3 Å². The fourth-order valence-electron chi connectivity index (χ4n) is 4.16. The second-order valence-corrected chi connectivity index (χ2v) is 10.3. The Morgan fingerprint density at radius 3 is 2.00 bits per heavy atom. The van der Waals surface area contributed by atoms with Crippen LogP contribution in [-0.2, 0) is 10.0 Å². The largest absolute Gasteiger partial charge is 0.493 e. The Morgan fingerprint density at radius 1 is 0.800 bits per heavy atom. The Labute approximate surface area is 206 Å². The first-order chi connectivity index (χ1) is 16.8. The molecule has 186 valence electrons. The molecule has 9 nitrogen and oxygen atoms in total. The Morgan fingerprint density at radius 2 is 1.46 bits per heavy atom. The van der Waals surface area contributed by atoms with E-state index in [9.17, 15) is 8.42 Å². The van der Waals surface area contributed by atoms with Gasteiger partial charge in [0.1, 0.15) is 0 Å². The first kappa shape index (κ1) is 24.7. The molecule has 4 rings (SSSR count). The van der Waals surface area contributed by atoms with E-state index in [-0.39, 0.29) is 0 Å². The van der Waals surface area contributed by atoms with E-state index in [1.807, 2.05) is 55.1 Å². The maximum atomic E-state index is 13.2. The summed E-state index contributed by atoms with van der Waals surface area (Å²) in [5.41, 5.74) is 3.12. The summed E-state index contributed by atoms with van der Waals surface area (Å²) in [7, 11) is 1.14. The minimum absolute atomic E-state index is 0.375. The van der Waals surface area contributed by atoms with Crippen molar-refractivity contribution in [3.8, 4) is 28.5 Å². The molecule has 10 heteroatoms. The molecular formula is C25H30N4O5S. The molecule has 35 heavy (non-hydrogen) atoms. The van der Waals surface area contributed by atoms with Crippen LogP contribution in [0, 0.1) is 13.8 Å². The topological polar surface area (TPSA) is 94.1 Å². The first-order valence-corrected chi connectivity index (χ1v) is 12.7. The highest BCUT2D eigenvalue weighted by molar-refractivity contribution is 7.89. The van der Waals surface area contributed by atoms with Gasteiger partial charge in [-0.1, -0.05) is 12.1 Å². The minimum Gasteiger partial charge on any atom is -0.493 e. The predicted octanol–water partition coefficient (Wildman–Crippen LogP) is 3.30. The summed E-state index contributed by atoms with van der Waals surface area (Å²) in [4.78, 5) is 2.42. The summed E-state index contributed by atoms with van der Waals surface area (Å²) in [6.07, 6.45) is 0. The number of aryl methyl sites for hydroxylation is 2. The Hall–Kier alpha value is -3.37. The van der Waals surface area contributed by atoms with Crippen molar-refractivity contribution >= 4 is 15.8 Å². The van der Waals surface area contributed by atoms with E-state index in [2.05, 4.69) is 10.2 Å². The van der Waals surface area contributed by atoms with Crippen molar-refractivity contribution in [1.82, 2.24) is 14.5 Å². The molecule has 2 aromatic carbocycles. The molecule has 0 radical (unpaired) electrons. The molecule has 1 fully saturated rings. The molecule has 0 spiro atoms. The lowest BCUT2D eigenvalue weighted by Crippen LogP contribution is -2.49. The van der Waals surface area contributed by atoms with Crippen molar-refractivity contribution in [1.29, 1.82) is 0 Å². The number of piperazine rings is 1. The van der Waals surface area contributed by atoms with E-state index in [0.717, 1.165) is 16.7 Å². The molecule has 0 N–H and O–H groups in total. The van der Waals surface area contributed by atoms with E-state index >= 15 is 0 Å². The van der Waals surface area contributed by atoms with Gasteiger partial charge in [0, 0.05) is 31.7 Å². The molecule has 2 heterocycles. The smallest absolute Gasteiger partial charge is 0.243 e. The molecule has 3 aromatic rings. The molecule has 0 amide bonds. The van der Waals surface area contributed by atoms with Crippen molar-refractivity contribution < 1.29 is 22.6 Å². The fraction of sp³-hybridized carbons (Fsp3) is 0.360. The number of anilines is 1. The number of hydrogen-bond acceptors (Lipinski definition) is 8. The van der Waals surface area contributed by atoms with Gasteiger partial charge in [0.2, 0.25) is 15.8 Å². The molecule has 0 atom stereocenters. The number of aromatic nitrogens is 2. The lowest BCUT2D eigenvalue weighted by atomic mass is 10.1. The van der Waals surface area contributed by atoms with Crippen LogP contribution in [0.1, 0.15) is 11.1 Å². The second kappa shape index (κ2) is 10.1. The summed E-state index contributed by atoms with van der Waals surface area (Å²) in [6, 6.07) is 12.9. The van der Waals surface area contributed by atoms with Gasteiger partial charge in [0.05, 0.1) is 31.9 Å². The van der Waals surface area contributed by atoms with Crippen LogP contribution in [0.4, 0.5) is 5.82 Å². The fourth-order valence-corrected chi connectivity index (χ4v) is 5.89. The number of rotatable bonds is 7. The van der Waals surface area contributed by atoms with Gasteiger partial charge in [0.15, 0.2) is 17.3 Å². The van der Waals surface area contributed by atoms with Crippen LogP contribution >= 0.6 is 0 Å². The van der Waals surface area contributed by atoms with Crippen molar-refractivity contribution in [2.75, 3.05) is 52.4 Å². The zero-order valence-electron chi connectivity index (χ0n) is 20.6. The zero-order valence-corrected chi connectivity index (χ0v) is 21.4. The molecule has 1 saturated heterocycles. The SMILES string of the molecule is COc1cc(-c2ccc(N3CCN(S(=O)(=O)c4cc(C)ccc4C)CC3)nn2)cc(OC)c1OC. The van der Waals surface area contributed by atoms with E-state index in [1.54, 1.807) is 31.7 Å². The van der Waals surface area contributed by atoms with Crippen LogP contribution in [0.15, 0.2) is 47.4 Å². The van der Waals surface area contributed by atoms with Gasteiger partial charge >= 0.3 is 0 Å². The van der Waals surface area contributed by atoms with Gasteiger partial charge in [-0.3, -0.25) is 0 Å². The standard InChI is InChI=1S/C25H30N4O5S/c1-17-6-7-18(2)23(14-17)35(30,31)29-12-10-28(11-13-29)24-9-8-20(26-27-24)19-15-21(32-3)25(34-5)22(16-19)33-4/h6-9,14-16H,10-13H2,1-5H3. The number of methoxy groups -OCH3 is 3. The first-order valence-electron chi connectivity index (χ1n) is 11.2. The highest BCUT2D eigenvalue weighted by atomic mass is 32.2. The maximum absolute atomic E-state index is 13.2. The lowest BCUT2D eigenvalue weighted by Gasteiger charge is -2.34. The number of hydrogen-bond donors (Lipinski definition) is 0. The van der Waals surface area contributed by atoms with Gasteiger partial charge in [-0.25, -0.2) is 8.42 Å². The average molecular weight is 499 g/mol. The summed E-state index contributed by atoms with van der Waals surface area (Å²) in [5.74, 6) is 2.28. The van der Waals surface area contributed by atoms with Crippen molar-refractivity contribution in [3.05, 3.63) is 53.6 Å². The number of ether oxygens (including phenoxy) is 3. The van der Waals surface area contributed by atoms with E-state index in [0.29, 0.717) is 59.8 Å². The second-order valence-electron chi connectivity index (χ2n) is 8.35. The molecule has 0 aliphatic carbocycles. The van der Waals surface area contributed by atoms with Crippen LogP contribution in [0.5, 0.6) is 17.2 Å². The van der Waals surface area contributed by atoms with Crippen LogP contribution in [0.3, 0.4) is 0 Å². The summed E-state index contributed by atoms with van der Waals surface area (Å²) in [6.45, 7) is 5.55. The van der Waals surface area contributed by atoms with E-state index in [1.165, 1.54) is 0 Å². The van der Waals surface area contributed by atoms with Crippen molar-refractivity contribution in [3.63, 3.8) is 0 Å². The number of nitrogens with zero attached hydrogens (tertiary/aromatic N) is 4. The van der Waals surface area contributed by atoms with Crippen LogP contribution in [0.2, 0.25) is 0 Å². The van der Waals surface area contributed by atoms with Gasteiger partial charge in [0.25, 0.3) is 0 Å². The highest BCUT2D eigenvalue weighted by Crippen LogP contribution is 2.40. The van der Waals surface area contributed by atoms with E-state index in [4.69, 9.17) is 14.2 Å². The normalized spacial score (nSPS) is 14.6. The van der Waals surface area contributed by atoms with Gasteiger partial charge < -0.3 is 19.1 Å². The average Bonchev–Trinajstić information content (AvgIpc) is 2.89. The minimum atomic E-state index is -3.55. The third-order valence-corrected chi connectivity index (χ3v) is 8.18. The van der Waals surface area contributed by atoms with Crippen LogP contribution < -0.4 is 19.1 Å². The zero-order chi connectivity index (χ0) is 25.2. The molecular weight excluding hydrogens is 468 g/mol. The number of sulfonamides is 1. The predicted molar refractivity (Wildman–Crippen MR) is 134 cm³/mol. The van der Waals surface area contributed by atoms with Crippen molar-refractivity contribution in [2.24, 2.45) is 0 Å².